The summed E-state index contributed by atoms with van der Waals surface area (Å²) >= 11 is 0. The summed E-state index contributed by atoms with van der Waals surface area (Å²) < 4.78 is 54.1. The first-order valence-electron chi connectivity index (χ1n) is 19.2. The average molecular weight is 786 g/mol. The Kier molecular flexibility index (Phi) is 11.7. The summed E-state index contributed by atoms with van der Waals surface area (Å²) in [5, 5.41) is 4.89. The third-order valence-electron chi connectivity index (χ3n) is 10.9. The van der Waals surface area contributed by atoms with Gasteiger partial charge in [-0.1, -0.05) is 43.2 Å². The zero-order valence-electron chi connectivity index (χ0n) is 31.7. The number of fused-ring (bicyclic) bond motifs is 3. The monoisotopic (exact) mass is 785 g/mol. The van der Waals surface area contributed by atoms with Crippen LogP contribution in [0.15, 0.2) is 43.0 Å². The second-order valence-corrected chi connectivity index (χ2v) is 18.3. The average Bonchev–Trinajstić information content (AvgIpc) is 4.00. The molecule has 2 aliphatic carbocycles. The molecule has 3 heterocycles. The summed E-state index contributed by atoms with van der Waals surface area (Å²) in [4.78, 5) is 72.7. The van der Waals surface area contributed by atoms with Crippen molar-refractivity contribution in [1.82, 2.24) is 25.2 Å². The molecule has 6 atom stereocenters. The fraction of sp³-hybridized carbons (Fsp3) is 0.615. The number of sulfonamides is 1. The second-order valence-electron chi connectivity index (χ2n) is 16.3. The Hall–Kier alpha value is -4.47. The van der Waals surface area contributed by atoms with E-state index in [4.69, 9.17) is 9.47 Å². The number of amides is 5. The Morgan fingerprint density at radius 3 is 2.56 bits per heavy atom. The van der Waals surface area contributed by atoms with Crippen LogP contribution < -0.4 is 15.4 Å². The number of carbonyl (C=O) groups excluding carboxylic acids is 5. The zero-order chi connectivity index (χ0) is 39.7. The first kappa shape index (κ1) is 40.2. The second kappa shape index (κ2) is 15.9. The van der Waals surface area contributed by atoms with Crippen LogP contribution in [0, 0.1) is 11.7 Å². The van der Waals surface area contributed by atoms with Gasteiger partial charge in [0.2, 0.25) is 21.8 Å². The molecule has 6 rings (SSSR count). The minimum absolute atomic E-state index is 0.0182. The standard InChI is InChI=1S/C39H52FN5O9S/c1-5-6-17-30-32(53-37(50)44-22-24-13-12-15-28(40)27(24)23-44)20-31-33(46)42-39(35(48)43-55(51,52)26-18-19-26)21-25(39)14-10-8-7-9-11-16-29(34(47)45(30)31)41-36(49)54-38(2,3)4/h5,10,12-15,25-26,29-32H,1,6-9,11,16-23H2,2-4H3,(H,41,49)(H,42,46)(H,43,48)/b14-10-/t25?,29?,30-,31?,32+,39?/m0/s1. The predicted molar refractivity (Wildman–Crippen MR) is 199 cm³/mol. The summed E-state index contributed by atoms with van der Waals surface area (Å²) in [6, 6.07) is 1.36. The molecular weight excluding hydrogens is 734 g/mol. The van der Waals surface area contributed by atoms with Crippen LogP contribution in [0.5, 0.6) is 0 Å². The molecule has 1 aromatic carbocycles. The minimum Gasteiger partial charge on any atom is -0.444 e. The molecule has 5 amide bonds. The summed E-state index contributed by atoms with van der Waals surface area (Å²) in [6.45, 7) is 9.01. The smallest absolute Gasteiger partial charge is 0.410 e. The van der Waals surface area contributed by atoms with Gasteiger partial charge in [-0.15, -0.1) is 6.58 Å². The SMILES string of the molecule is C=CCC[C@H]1[C@H](OC(=O)N2Cc3cccc(F)c3C2)CC2C(=O)NC3(C(=O)NS(=O)(=O)C4CC4)CC3/C=C\CCCCCC(NC(=O)OC(C)(C)C)C(=O)N21. The number of hydrogen-bond donors (Lipinski definition) is 3. The van der Waals surface area contributed by atoms with Crippen LogP contribution in [0.2, 0.25) is 0 Å². The Bertz CT molecular complexity index is 1840. The van der Waals surface area contributed by atoms with E-state index in [0.29, 0.717) is 49.7 Å². The van der Waals surface area contributed by atoms with Crippen LogP contribution in [0.1, 0.15) is 103 Å². The van der Waals surface area contributed by atoms with Gasteiger partial charge >= 0.3 is 12.2 Å². The minimum atomic E-state index is -3.95. The maximum Gasteiger partial charge on any atom is 0.410 e. The first-order chi connectivity index (χ1) is 26.0. The Morgan fingerprint density at radius 1 is 1.11 bits per heavy atom. The highest BCUT2D eigenvalue weighted by atomic mass is 32.2. The number of nitrogens with zero attached hydrogens (tertiary/aromatic N) is 2. The molecule has 16 heteroatoms. The van der Waals surface area contributed by atoms with Crippen LogP contribution in [0.3, 0.4) is 0 Å². The Labute approximate surface area is 321 Å². The van der Waals surface area contributed by atoms with Gasteiger partial charge in [0, 0.05) is 24.4 Å². The number of allylic oxidation sites excluding steroid dienone is 2. The number of alkyl carbamates (subject to hydrolysis) is 1. The fourth-order valence-corrected chi connectivity index (χ4v) is 9.17. The van der Waals surface area contributed by atoms with Gasteiger partial charge in [-0.25, -0.2) is 22.4 Å². The molecule has 0 aromatic heterocycles. The number of nitrogens with one attached hydrogen (secondary N) is 3. The normalized spacial score (nSPS) is 29.0. The van der Waals surface area contributed by atoms with E-state index >= 15 is 0 Å². The van der Waals surface area contributed by atoms with Crippen molar-refractivity contribution in [3.63, 3.8) is 0 Å². The number of rotatable bonds is 8. The first-order valence-corrected chi connectivity index (χ1v) is 20.8. The summed E-state index contributed by atoms with van der Waals surface area (Å²) in [5.74, 6) is -3.11. The fourth-order valence-electron chi connectivity index (χ4n) is 7.81. The molecule has 0 radical (unpaired) electrons. The van der Waals surface area contributed by atoms with Crippen LogP contribution in [0.4, 0.5) is 14.0 Å². The number of halogens is 1. The van der Waals surface area contributed by atoms with Gasteiger partial charge in [0.1, 0.15) is 35.1 Å². The van der Waals surface area contributed by atoms with Crippen molar-refractivity contribution in [3.05, 3.63) is 60.0 Å². The Morgan fingerprint density at radius 2 is 1.87 bits per heavy atom. The molecule has 0 spiro atoms. The molecular formula is C39H52FN5O9S. The topological polar surface area (TPSA) is 181 Å². The van der Waals surface area contributed by atoms with E-state index in [9.17, 15) is 36.8 Å². The third kappa shape index (κ3) is 9.16. The molecule has 3 N–H and O–H groups in total. The summed E-state index contributed by atoms with van der Waals surface area (Å²) in [7, 11) is -3.95. The zero-order valence-corrected chi connectivity index (χ0v) is 32.5. The highest BCUT2D eigenvalue weighted by Gasteiger charge is 2.62. The van der Waals surface area contributed by atoms with Gasteiger partial charge in [0.05, 0.1) is 17.8 Å². The van der Waals surface area contributed by atoms with Crippen molar-refractivity contribution >= 4 is 39.9 Å². The molecule has 4 unspecified atom stereocenters. The van der Waals surface area contributed by atoms with Crippen LogP contribution in [-0.2, 0) is 47.0 Å². The van der Waals surface area contributed by atoms with Crippen molar-refractivity contribution in [3.8, 4) is 0 Å². The van der Waals surface area contributed by atoms with E-state index in [0.717, 1.165) is 6.42 Å². The lowest BCUT2D eigenvalue weighted by Gasteiger charge is -2.35. The molecule has 2 saturated carbocycles. The number of ether oxygens (including phenoxy) is 2. The van der Waals surface area contributed by atoms with Gasteiger partial charge in [0.25, 0.3) is 5.91 Å². The molecule has 300 valence electrons. The van der Waals surface area contributed by atoms with E-state index in [2.05, 4.69) is 21.9 Å². The van der Waals surface area contributed by atoms with E-state index in [1.165, 1.54) is 15.9 Å². The molecule has 1 aromatic rings. The summed E-state index contributed by atoms with van der Waals surface area (Å²) in [6.07, 6.45) is 7.17. The number of hydrogen-bond acceptors (Lipinski definition) is 9. The maximum absolute atomic E-state index is 14.8. The molecule has 55 heavy (non-hydrogen) atoms. The lowest BCUT2D eigenvalue weighted by molar-refractivity contribution is -0.143. The van der Waals surface area contributed by atoms with Gasteiger partial charge in [-0.3, -0.25) is 24.0 Å². The lowest BCUT2D eigenvalue weighted by Crippen LogP contribution is -2.59. The van der Waals surface area contributed by atoms with Crippen molar-refractivity contribution < 1.29 is 46.3 Å². The van der Waals surface area contributed by atoms with Crippen molar-refractivity contribution in [2.75, 3.05) is 0 Å². The van der Waals surface area contributed by atoms with E-state index in [-0.39, 0.29) is 38.8 Å². The van der Waals surface area contributed by atoms with Crippen molar-refractivity contribution in [1.29, 1.82) is 0 Å². The number of benzene rings is 1. The van der Waals surface area contributed by atoms with Gasteiger partial charge in [0.15, 0.2) is 0 Å². The van der Waals surface area contributed by atoms with Gasteiger partial charge in [-0.05, 0) is 83.8 Å². The molecule has 3 fully saturated rings. The quantitative estimate of drug-likeness (QED) is 0.321. The highest BCUT2D eigenvalue weighted by Crippen LogP contribution is 2.46. The molecule has 1 saturated heterocycles. The van der Waals surface area contributed by atoms with E-state index in [1.807, 2.05) is 12.2 Å². The van der Waals surface area contributed by atoms with Crippen LogP contribution in [0.25, 0.3) is 0 Å². The largest absolute Gasteiger partial charge is 0.444 e. The van der Waals surface area contributed by atoms with Crippen LogP contribution in [-0.4, -0.2) is 88.7 Å². The molecule has 3 aliphatic heterocycles. The summed E-state index contributed by atoms with van der Waals surface area (Å²) in [5.41, 5.74) is -1.42. The molecule has 14 nitrogen and oxygen atoms in total. The third-order valence-corrected chi connectivity index (χ3v) is 12.7. The lowest BCUT2D eigenvalue weighted by atomic mass is 10.0. The predicted octanol–water partition coefficient (Wildman–Crippen LogP) is 4.48. The van der Waals surface area contributed by atoms with E-state index < -0.39 is 92.3 Å². The van der Waals surface area contributed by atoms with Crippen LogP contribution >= 0.6 is 0 Å². The highest BCUT2D eigenvalue weighted by molar-refractivity contribution is 7.91. The van der Waals surface area contributed by atoms with Crippen molar-refractivity contribution in [2.45, 2.75) is 145 Å². The number of carbonyl (C=O) groups is 5. The van der Waals surface area contributed by atoms with E-state index in [1.54, 1.807) is 39.0 Å². The molecule has 5 aliphatic rings. The Balaban J connectivity index is 1.33. The van der Waals surface area contributed by atoms with Gasteiger partial charge < -0.3 is 25.0 Å². The van der Waals surface area contributed by atoms with Crippen molar-refractivity contribution in [2.24, 2.45) is 5.92 Å². The van der Waals surface area contributed by atoms with Gasteiger partial charge in [-0.2, -0.15) is 0 Å². The maximum atomic E-state index is 14.8. The molecule has 0 bridgehead atoms.